The van der Waals surface area contributed by atoms with Crippen LogP contribution in [-0.4, -0.2) is 108 Å². The van der Waals surface area contributed by atoms with Crippen molar-refractivity contribution in [2.75, 3.05) is 19.8 Å². The molecule has 0 aliphatic carbocycles. The van der Waals surface area contributed by atoms with Gasteiger partial charge in [-0.05, 0) is 19.6 Å². The molecule has 32 heteroatoms. The summed E-state index contributed by atoms with van der Waals surface area (Å²) in [5.41, 5.74) is 0. The molecule has 0 aromatic rings. The minimum atomic E-state index is -7.77. The molecule has 0 spiro atoms. The Bertz CT molecular complexity index is 1120. The number of hydrogen-bond donors (Lipinski definition) is 0. The Morgan fingerprint density at radius 1 is 0.300 bits per heavy atom. The second-order valence-electron chi connectivity index (χ2n) is 10.4. The lowest BCUT2D eigenvalue weighted by Crippen LogP contribution is -2.70. The quantitative estimate of drug-likeness (QED) is 0.114. The zero-order chi connectivity index (χ0) is 41.2. The summed E-state index contributed by atoms with van der Waals surface area (Å²) >= 11 is 0. The SMILES string of the molecule is C[Si](C)(OCC(F)(F)C(F)(F)C(F)(F)C(F)(F)F)[Si](C)(OCC(F)(F)C(F)(F)C(F)(F)C(F)(F)F)OCC(F)(F)C(F)(F)C(F)(F)C(F)(F)F. The smallest absolute Gasteiger partial charge is 0.408 e. The van der Waals surface area contributed by atoms with Crippen molar-refractivity contribution in [1.29, 1.82) is 0 Å². The van der Waals surface area contributed by atoms with Crippen LogP contribution in [0.25, 0.3) is 0 Å². The summed E-state index contributed by atoms with van der Waals surface area (Å²) in [7, 11) is -12.4. The molecule has 0 heterocycles. The number of hydrogen-bond acceptors (Lipinski definition) is 3. The molecule has 0 fully saturated rings. The van der Waals surface area contributed by atoms with Gasteiger partial charge in [0, 0.05) is 0 Å². The van der Waals surface area contributed by atoms with E-state index in [1.807, 2.05) is 0 Å². The van der Waals surface area contributed by atoms with E-state index in [9.17, 15) is 119 Å². The minimum absolute atomic E-state index is 0.128. The lowest BCUT2D eigenvalue weighted by Gasteiger charge is -2.43. The van der Waals surface area contributed by atoms with Gasteiger partial charge in [0.05, 0.1) is 0 Å². The fourth-order valence-electron chi connectivity index (χ4n) is 2.74. The highest BCUT2D eigenvalue weighted by Crippen LogP contribution is 2.56. The third-order valence-corrected chi connectivity index (χ3v) is 18.7. The van der Waals surface area contributed by atoms with Crippen LogP contribution in [0, 0.1) is 0 Å². The molecule has 0 aromatic heterocycles. The van der Waals surface area contributed by atoms with Crippen LogP contribution in [0.5, 0.6) is 0 Å². The molecule has 302 valence electrons. The summed E-state index contributed by atoms with van der Waals surface area (Å²) < 4.78 is 367. The first-order chi connectivity index (χ1) is 21.1. The van der Waals surface area contributed by atoms with Crippen molar-refractivity contribution >= 4 is 15.9 Å². The summed E-state index contributed by atoms with van der Waals surface area (Å²) in [5, 5.41) is 0. The molecule has 0 saturated carbocycles. The van der Waals surface area contributed by atoms with E-state index >= 15 is 0 Å². The highest BCUT2D eigenvalue weighted by Gasteiger charge is 2.84. The van der Waals surface area contributed by atoms with Gasteiger partial charge in [0.15, 0.2) is 0 Å². The predicted octanol–water partition coefficient (Wildman–Crippen LogP) is 9.80. The number of rotatable bonds is 16. The Labute approximate surface area is 260 Å². The zero-order valence-corrected chi connectivity index (χ0v) is 25.6. The molecule has 0 aliphatic heterocycles. The molecule has 0 N–H and O–H groups in total. The van der Waals surface area contributed by atoms with Crippen LogP contribution in [0.15, 0.2) is 0 Å². The maximum Gasteiger partial charge on any atom is 0.460 e. The van der Waals surface area contributed by atoms with Gasteiger partial charge in [-0.1, -0.05) is 0 Å². The fourth-order valence-corrected chi connectivity index (χ4v) is 8.76. The number of alkyl halides is 27. The van der Waals surface area contributed by atoms with Crippen molar-refractivity contribution in [2.24, 2.45) is 0 Å². The molecule has 0 bridgehead atoms. The van der Waals surface area contributed by atoms with E-state index in [-0.39, 0.29) is 13.1 Å². The van der Waals surface area contributed by atoms with Crippen molar-refractivity contribution in [3.05, 3.63) is 0 Å². The average Bonchev–Trinajstić information content (AvgIpc) is 2.87. The highest BCUT2D eigenvalue weighted by molar-refractivity contribution is 7.33. The summed E-state index contributed by atoms with van der Waals surface area (Å²) in [6.07, 6.45) is -22.6. The Morgan fingerprint density at radius 2 is 0.480 bits per heavy atom. The van der Waals surface area contributed by atoms with Crippen LogP contribution in [0.4, 0.5) is 119 Å². The van der Waals surface area contributed by atoms with Gasteiger partial charge in [0.2, 0.25) is 7.83 Å². The molecule has 0 rings (SSSR count). The van der Waals surface area contributed by atoms with Crippen molar-refractivity contribution in [3.63, 3.8) is 0 Å². The van der Waals surface area contributed by atoms with E-state index in [0.717, 1.165) is 0 Å². The summed E-state index contributed by atoms with van der Waals surface area (Å²) in [5.74, 6) is -67.1. The molecule has 0 aliphatic rings. The van der Waals surface area contributed by atoms with Gasteiger partial charge < -0.3 is 13.3 Å². The van der Waals surface area contributed by atoms with Crippen LogP contribution in [0.3, 0.4) is 0 Å². The summed E-state index contributed by atoms with van der Waals surface area (Å²) in [6, 6.07) is 0. The van der Waals surface area contributed by atoms with E-state index < -0.39 is 114 Å². The molecule has 50 heavy (non-hydrogen) atoms. The molecule has 0 aromatic carbocycles. The third kappa shape index (κ3) is 8.00. The van der Waals surface area contributed by atoms with E-state index in [2.05, 4.69) is 13.3 Å². The Morgan fingerprint density at radius 3 is 0.660 bits per heavy atom. The molecule has 3 nitrogen and oxygen atoms in total. The van der Waals surface area contributed by atoms with Gasteiger partial charge >= 0.3 is 79.9 Å². The van der Waals surface area contributed by atoms with Crippen LogP contribution >= 0.6 is 0 Å². The van der Waals surface area contributed by atoms with Gasteiger partial charge in [-0.15, -0.1) is 0 Å². The average molecular weight is 848 g/mol. The Kier molecular flexibility index (Phi) is 12.7. The molecule has 0 atom stereocenters. The minimum Gasteiger partial charge on any atom is -0.408 e. The second-order valence-corrected chi connectivity index (χ2v) is 22.5. The summed E-state index contributed by atoms with van der Waals surface area (Å²) in [6.45, 7) is -11.8. The van der Waals surface area contributed by atoms with Gasteiger partial charge in [-0.3, -0.25) is 0 Å². The van der Waals surface area contributed by atoms with E-state index in [0.29, 0.717) is 0 Å². The lowest BCUT2D eigenvalue weighted by atomic mass is 10.1. The molecule has 0 unspecified atom stereocenters. The van der Waals surface area contributed by atoms with Gasteiger partial charge in [0.1, 0.15) is 19.8 Å². The Balaban J connectivity index is 7.06. The first kappa shape index (κ1) is 48.4. The molecular formula is C18H15F27O3Si2. The Hall–Kier alpha value is -1.58. The monoisotopic (exact) mass is 848 g/mol. The van der Waals surface area contributed by atoms with Crippen LogP contribution in [0.2, 0.25) is 19.6 Å². The van der Waals surface area contributed by atoms with Crippen LogP contribution < -0.4 is 0 Å². The van der Waals surface area contributed by atoms with Crippen molar-refractivity contribution in [3.8, 4) is 0 Å². The standard InChI is InChI=1S/C18H15F27O3Si2/c1-49(2,46-4-7(19,20)10(25,26)13(31,32)16(37,38)39)50(3,47-5-8(21,22)11(27,28)14(33,34)17(40,41)42)48-6-9(23,24)12(29,30)15(35,36)18(43,44)45/h4-6H2,1-3H3. The predicted molar refractivity (Wildman–Crippen MR) is 110 cm³/mol. The highest BCUT2D eigenvalue weighted by atomic mass is 29.3. The first-order valence-electron chi connectivity index (χ1n) is 11.6. The van der Waals surface area contributed by atoms with Gasteiger partial charge in [0.25, 0.3) is 0 Å². The number of halogens is 27. The molecular weight excluding hydrogens is 833 g/mol. The van der Waals surface area contributed by atoms with Crippen LogP contribution in [0.1, 0.15) is 0 Å². The zero-order valence-electron chi connectivity index (χ0n) is 23.6. The maximum absolute atomic E-state index is 14.1. The maximum atomic E-state index is 14.1. The largest absolute Gasteiger partial charge is 0.460 e. The van der Waals surface area contributed by atoms with Crippen LogP contribution in [-0.2, 0) is 13.3 Å². The van der Waals surface area contributed by atoms with Crippen molar-refractivity contribution < 1.29 is 132 Å². The van der Waals surface area contributed by atoms with E-state index in [4.69, 9.17) is 0 Å². The second kappa shape index (κ2) is 13.1. The fraction of sp³-hybridized carbons (Fsp3) is 1.00. The normalized spacial score (nSPS) is 16.7. The first-order valence-corrected chi connectivity index (χ1v) is 17.9. The van der Waals surface area contributed by atoms with E-state index in [1.165, 1.54) is 0 Å². The lowest BCUT2D eigenvalue weighted by molar-refractivity contribution is -0.399. The molecule has 0 saturated heterocycles. The summed E-state index contributed by atoms with van der Waals surface area (Å²) in [4.78, 5) is 0. The van der Waals surface area contributed by atoms with Gasteiger partial charge in [-0.2, -0.15) is 119 Å². The topological polar surface area (TPSA) is 27.7 Å². The molecule has 0 radical (unpaired) electrons. The van der Waals surface area contributed by atoms with Crippen molar-refractivity contribution in [2.45, 2.75) is 91.5 Å². The van der Waals surface area contributed by atoms with E-state index in [1.54, 1.807) is 0 Å². The van der Waals surface area contributed by atoms with Crippen molar-refractivity contribution in [1.82, 2.24) is 0 Å². The van der Waals surface area contributed by atoms with Gasteiger partial charge in [-0.25, -0.2) is 0 Å². The molecule has 0 amide bonds. The third-order valence-electron chi connectivity index (χ3n) is 6.39.